The van der Waals surface area contributed by atoms with Gasteiger partial charge in [0.1, 0.15) is 5.15 Å². The molecular weight excluding hydrogens is 272 g/mol. The summed E-state index contributed by atoms with van der Waals surface area (Å²) < 4.78 is 0. The van der Waals surface area contributed by atoms with Crippen molar-refractivity contribution in [3.05, 3.63) is 28.5 Å². The van der Waals surface area contributed by atoms with Crippen LogP contribution in [0.1, 0.15) is 63.0 Å². The highest BCUT2D eigenvalue weighted by atomic mass is 35.5. The van der Waals surface area contributed by atoms with E-state index in [1.807, 2.05) is 6.07 Å². The Hall–Kier alpha value is -1.09. The van der Waals surface area contributed by atoms with E-state index in [2.05, 4.69) is 38.0 Å². The third-order valence-electron chi connectivity index (χ3n) is 4.06. The normalized spacial score (nSPS) is 17.4. The first kappa shape index (κ1) is 15.3. The predicted molar refractivity (Wildman–Crippen MR) is 82.2 cm³/mol. The molecule has 4 heteroatoms. The molecule has 3 nitrogen and oxygen atoms in total. The maximum absolute atomic E-state index is 12.3. The van der Waals surface area contributed by atoms with Gasteiger partial charge in [0.05, 0.1) is 0 Å². The smallest absolute Gasteiger partial charge is 0.251 e. The van der Waals surface area contributed by atoms with E-state index in [1.165, 1.54) is 19.3 Å². The van der Waals surface area contributed by atoms with Gasteiger partial charge >= 0.3 is 0 Å². The molecule has 1 saturated carbocycles. The highest BCUT2D eigenvalue weighted by Gasteiger charge is 2.32. The van der Waals surface area contributed by atoms with Gasteiger partial charge in [-0.15, -0.1) is 0 Å². The van der Waals surface area contributed by atoms with Gasteiger partial charge in [-0.2, -0.15) is 0 Å². The number of nitrogens with zero attached hydrogens (tertiary/aromatic N) is 1. The number of halogens is 1. The molecule has 0 aromatic carbocycles. The van der Waals surface area contributed by atoms with Crippen LogP contribution in [-0.2, 0) is 5.41 Å². The van der Waals surface area contributed by atoms with E-state index in [0.717, 1.165) is 12.2 Å². The molecule has 2 rings (SSSR count). The number of hydrogen-bond donors (Lipinski definition) is 1. The second-order valence-corrected chi connectivity index (χ2v) is 7.55. The highest BCUT2D eigenvalue weighted by molar-refractivity contribution is 6.29. The summed E-state index contributed by atoms with van der Waals surface area (Å²) in [5.41, 5.74) is 1.59. The van der Waals surface area contributed by atoms with Crippen LogP contribution >= 0.6 is 11.6 Å². The van der Waals surface area contributed by atoms with Crippen molar-refractivity contribution in [1.82, 2.24) is 10.3 Å². The summed E-state index contributed by atoms with van der Waals surface area (Å²) in [6.45, 7) is 9.13. The van der Waals surface area contributed by atoms with Gasteiger partial charge in [0, 0.05) is 23.2 Å². The van der Waals surface area contributed by atoms with Crippen molar-refractivity contribution in [1.29, 1.82) is 0 Å². The lowest BCUT2D eigenvalue weighted by atomic mass is 9.70. The summed E-state index contributed by atoms with van der Waals surface area (Å²) in [5.74, 6) is -0.0621. The summed E-state index contributed by atoms with van der Waals surface area (Å²) in [6.07, 6.45) is 3.65. The van der Waals surface area contributed by atoms with Gasteiger partial charge in [-0.25, -0.2) is 4.98 Å². The lowest BCUT2D eigenvalue weighted by molar-refractivity contribution is 0.0890. The number of amides is 1. The summed E-state index contributed by atoms with van der Waals surface area (Å²) in [5, 5.41) is 3.39. The van der Waals surface area contributed by atoms with Gasteiger partial charge in [-0.05, 0) is 30.4 Å². The predicted octanol–water partition coefficient (Wildman–Crippen LogP) is 3.95. The zero-order valence-electron chi connectivity index (χ0n) is 12.7. The van der Waals surface area contributed by atoms with Gasteiger partial charge < -0.3 is 5.32 Å². The number of rotatable bonds is 3. The van der Waals surface area contributed by atoms with Crippen LogP contribution in [0.15, 0.2) is 12.1 Å². The molecule has 1 amide bonds. The average Bonchev–Trinajstić information content (AvgIpc) is 2.31. The lowest BCUT2D eigenvalue weighted by Gasteiger charge is -2.38. The summed E-state index contributed by atoms with van der Waals surface area (Å²) in [4.78, 5) is 16.6. The lowest BCUT2D eigenvalue weighted by Crippen LogP contribution is -2.40. The number of aromatic nitrogens is 1. The Balaban J connectivity index is 2.11. The minimum atomic E-state index is -0.125. The van der Waals surface area contributed by atoms with Crippen LogP contribution in [0.2, 0.25) is 5.15 Å². The number of carbonyl (C=O) groups is 1. The molecule has 0 bridgehead atoms. The fourth-order valence-corrected chi connectivity index (χ4v) is 2.57. The molecule has 1 fully saturated rings. The van der Waals surface area contributed by atoms with E-state index in [-0.39, 0.29) is 16.7 Å². The van der Waals surface area contributed by atoms with Crippen molar-refractivity contribution in [2.75, 3.05) is 6.54 Å². The topological polar surface area (TPSA) is 42.0 Å². The maximum Gasteiger partial charge on any atom is 0.251 e. The number of carbonyl (C=O) groups excluding carboxylic acids is 1. The molecule has 0 aliphatic heterocycles. The molecule has 20 heavy (non-hydrogen) atoms. The van der Waals surface area contributed by atoms with Gasteiger partial charge in [0.25, 0.3) is 5.91 Å². The molecule has 0 radical (unpaired) electrons. The Labute approximate surface area is 126 Å². The zero-order chi connectivity index (χ0) is 15.0. The van der Waals surface area contributed by atoms with E-state index in [0.29, 0.717) is 10.7 Å². The van der Waals surface area contributed by atoms with Crippen molar-refractivity contribution >= 4 is 17.5 Å². The van der Waals surface area contributed by atoms with E-state index in [4.69, 9.17) is 11.6 Å². The Morgan fingerprint density at radius 2 is 2.05 bits per heavy atom. The minimum absolute atomic E-state index is 0.0621. The van der Waals surface area contributed by atoms with Crippen molar-refractivity contribution in [2.45, 2.75) is 52.4 Å². The molecule has 0 unspecified atom stereocenters. The molecule has 110 valence electrons. The molecule has 1 aromatic heterocycles. The molecular formula is C16H23ClN2O. The largest absolute Gasteiger partial charge is 0.351 e. The fourth-order valence-electron chi connectivity index (χ4n) is 2.37. The van der Waals surface area contributed by atoms with E-state index in [1.54, 1.807) is 6.07 Å². The molecule has 1 aliphatic rings. The zero-order valence-corrected chi connectivity index (χ0v) is 13.5. The first-order chi connectivity index (χ1) is 9.20. The second kappa shape index (κ2) is 5.36. The van der Waals surface area contributed by atoms with Crippen LogP contribution in [0, 0.1) is 5.41 Å². The fraction of sp³-hybridized carbons (Fsp3) is 0.625. The Morgan fingerprint density at radius 1 is 1.40 bits per heavy atom. The number of hydrogen-bond acceptors (Lipinski definition) is 2. The Kier molecular flexibility index (Phi) is 4.10. The molecule has 1 aliphatic carbocycles. The van der Waals surface area contributed by atoms with E-state index >= 15 is 0 Å². The third-order valence-corrected chi connectivity index (χ3v) is 4.25. The van der Waals surface area contributed by atoms with Crippen LogP contribution in [0.4, 0.5) is 0 Å². The Bertz CT molecular complexity index is 516. The highest BCUT2D eigenvalue weighted by Crippen LogP contribution is 2.39. The van der Waals surface area contributed by atoms with Gasteiger partial charge in [-0.1, -0.05) is 45.7 Å². The van der Waals surface area contributed by atoms with Gasteiger partial charge in [0.2, 0.25) is 0 Å². The van der Waals surface area contributed by atoms with Crippen LogP contribution in [0.5, 0.6) is 0 Å². The first-order valence-corrected chi connectivity index (χ1v) is 7.54. The molecule has 0 spiro atoms. The summed E-state index contributed by atoms with van der Waals surface area (Å²) >= 11 is 6.04. The molecule has 1 aromatic rings. The standard InChI is InChI=1S/C16H23ClN2O/c1-15(2,3)12-8-11(9-13(17)19-12)14(20)18-10-16(4)6-5-7-16/h8-9H,5-7,10H2,1-4H3,(H,18,20). The first-order valence-electron chi connectivity index (χ1n) is 7.16. The SMILES string of the molecule is CC1(CNC(=O)c2cc(Cl)nc(C(C)(C)C)c2)CCC1. The van der Waals surface area contributed by atoms with E-state index in [9.17, 15) is 4.79 Å². The number of pyridine rings is 1. The van der Waals surface area contributed by atoms with Crippen LogP contribution in [0.3, 0.4) is 0 Å². The minimum Gasteiger partial charge on any atom is -0.351 e. The van der Waals surface area contributed by atoms with Crippen molar-refractivity contribution in [3.8, 4) is 0 Å². The number of nitrogens with one attached hydrogen (secondary N) is 1. The van der Waals surface area contributed by atoms with Crippen LogP contribution in [0.25, 0.3) is 0 Å². The van der Waals surface area contributed by atoms with E-state index < -0.39 is 0 Å². The van der Waals surface area contributed by atoms with Gasteiger partial charge in [0.15, 0.2) is 0 Å². The third kappa shape index (κ3) is 3.51. The summed E-state index contributed by atoms with van der Waals surface area (Å²) in [6, 6.07) is 3.47. The molecule has 1 heterocycles. The van der Waals surface area contributed by atoms with Crippen molar-refractivity contribution < 1.29 is 4.79 Å². The molecule has 0 saturated heterocycles. The Morgan fingerprint density at radius 3 is 2.55 bits per heavy atom. The van der Waals surface area contributed by atoms with Crippen molar-refractivity contribution in [3.63, 3.8) is 0 Å². The van der Waals surface area contributed by atoms with Crippen LogP contribution < -0.4 is 5.32 Å². The quantitative estimate of drug-likeness (QED) is 0.858. The van der Waals surface area contributed by atoms with Crippen molar-refractivity contribution in [2.24, 2.45) is 5.41 Å². The van der Waals surface area contributed by atoms with Gasteiger partial charge in [-0.3, -0.25) is 4.79 Å². The summed E-state index contributed by atoms with van der Waals surface area (Å²) in [7, 11) is 0. The average molecular weight is 295 g/mol. The van der Waals surface area contributed by atoms with Crippen LogP contribution in [-0.4, -0.2) is 17.4 Å². The monoisotopic (exact) mass is 294 g/mol. The molecule has 0 atom stereocenters. The second-order valence-electron chi connectivity index (χ2n) is 7.16. The molecule has 1 N–H and O–H groups in total. The maximum atomic E-state index is 12.3.